The van der Waals surface area contributed by atoms with Crippen LogP contribution in [0.5, 0.6) is 0 Å². The molecule has 1 atom stereocenters. The predicted octanol–water partition coefficient (Wildman–Crippen LogP) is 24.6. The van der Waals surface area contributed by atoms with E-state index < -0.39 is 6.10 Å². The summed E-state index contributed by atoms with van der Waals surface area (Å²) in [6, 6.07) is 0. The first kappa shape index (κ1) is 79.5. The number of carbonyl (C=O) groups excluding carboxylic acids is 2. The van der Waals surface area contributed by atoms with Crippen LogP contribution in [-0.2, 0) is 19.1 Å². The third kappa shape index (κ3) is 70.0. The van der Waals surface area contributed by atoms with Crippen LogP contribution in [0.4, 0.5) is 0 Å². The highest BCUT2D eigenvalue weighted by atomic mass is 16.6. The zero-order valence-electron chi connectivity index (χ0n) is 54.6. The van der Waals surface area contributed by atoms with Crippen molar-refractivity contribution in [2.75, 3.05) is 13.2 Å². The van der Waals surface area contributed by atoms with Crippen LogP contribution in [0.1, 0.15) is 309 Å². The summed E-state index contributed by atoms with van der Waals surface area (Å²) < 4.78 is 10.7. The van der Waals surface area contributed by atoms with Gasteiger partial charge in [-0.1, -0.05) is 326 Å². The van der Waals surface area contributed by atoms with Gasteiger partial charge >= 0.3 is 11.9 Å². The molecule has 0 aliphatic heterocycles. The molecule has 0 aromatic heterocycles. The number of unbranched alkanes of at least 4 members (excludes halogenated alkanes) is 29. The lowest BCUT2D eigenvalue weighted by atomic mass is 10.0. The molecule has 0 saturated heterocycles. The van der Waals surface area contributed by atoms with E-state index >= 15 is 0 Å². The molecular formula is C79H130O5. The molecular weight excluding hydrogens is 1030 g/mol. The first-order chi connectivity index (χ1) is 41.6. The van der Waals surface area contributed by atoms with Crippen molar-refractivity contribution < 1.29 is 24.2 Å². The molecule has 0 aromatic carbocycles. The molecule has 1 unspecified atom stereocenters. The summed E-state index contributed by atoms with van der Waals surface area (Å²) in [4.78, 5) is 24.7. The number of allylic oxidation sites excluding steroid dienone is 26. The van der Waals surface area contributed by atoms with Crippen LogP contribution in [0.2, 0.25) is 0 Å². The fourth-order valence-corrected chi connectivity index (χ4v) is 9.59. The third-order valence-corrected chi connectivity index (χ3v) is 14.8. The highest BCUT2D eigenvalue weighted by Gasteiger charge is 2.16. The Morgan fingerprint density at radius 1 is 0.286 bits per heavy atom. The zero-order valence-corrected chi connectivity index (χ0v) is 54.6. The lowest BCUT2D eigenvalue weighted by molar-refractivity contribution is -0.161. The summed E-state index contributed by atoms with van der Waals surface area (Å²) in [7, 11) is 0. The predicted molar refractivity (Wildman–Crippen MR) is 370 cm³/mol. The molecule has 5 heteroatoms. The average molecular weight is 1160 g/mol. The third-order valence-electron chi connectivity index (χ3n) is 14.8. The Bertz CT molecular complexity index is 1790. The van der Waals surface area contributed by atoms with E-state index in [1.54, 1.807) is 0 Å². The van der Waals surface area contributed by atoms with Crippen LogP contribution < -0.4 is 0 Å². The summed E-state index contributed by atoms with van der Waals surface area (Å²) in [5.74, 6) is -0.601. The van der Waals surface area contributed by atoms with Gasteiger partial charge in [0, 0.05) is 12.8 Å². The first-order valence-electron chi connectivity index (χ1n) is 35.0. The van der Waals surface area contributed by atoms with E-state index in [0.29, 0.717) is 12.8 Å². The average Bonchev–Trinajstić information content (AvgIpc) is 3.51. The molecule has 0 fully saturated rings. The van der Waals surface area contributed by atoms with Crippen LogP contribution >= 0.6 is 0 Å². The molecule has 0 radical (unpaired) electrons. The van der Waals surface area contributed by atoms with Gasteiger partial charge < -0.3 is 14.6 Å². The molecule has 84 heavy (non-hydrogen) atoms. The Balaban J connectivity index is 3.56. The Morgan fingerprint density at radius 2 is 0.512 bits per heavy atom. The second kappa shape index (κ2) is 72.8. The molecule has 0 rings (SSSR count). The van der Waals surface area contributed by atoms with Crippen LogP contribution in [0.25, 0.3) is 0 Å². The van der Waals surface area contributed by atoms with Gasteiger partial charge in [0.05, 0.1) is 6.61 Å². The normalized spacial score (nSPS) is 13.2. The molecule has 0 spiro atoms. The van der Waals surface area contributed by atoms with Crippen molar-refractivity contribution in [3.63, 3.8) is 0 Å². The van der Waals surface area contributed by atoms with E-state index in [1.165, 1.54) is 161 Å². The molecule has 1 N–H and O–H groups in total. The fourth-order valence-electron chi connectivity index (χ4n) is 9.59. The maximum absolute atomic E-state index is 12.4. The van der Waals surface area contributed by atoms with Crippen molar-refractivity contribution in [1.29, 1.82) is 0 Å². The number of hydrogen-bond acceptors (Lipinski definition) is 5. The minimum atomic E-state index is -0.788. The van der Waals surface area contributed by atoms with Gasteiger partial charge in [-0.2, -0.15) is 0 Å². The monoisotopic (exact) mass is 1160 g/mol. The quantitative estimate of drug-likeness (QED) is 0.0373. The van der Waals surface area contributed by atoms with Gasteiger partial charge in [-0.05, 0) is 128 Å². The summed E-state index contributed by atoms with van der Waals surface area (Å²) in [6.07, 6.45) is 111. The molecule has 0 amide bonds. The Kier molecular flexibility index (Phi) is 68.9. The van der Waals surface area contributed by atoms with E-state index in [4.69, 9.17) is 9.47 Å². The molecule has 0 aromatic rings. The Morgan fingerprint density at radius 3 is 0.774 bits per heavy atom. The van der Waals surface area contributed by atoms with Crippen LogP contribution in [0.15, 0.2) is 158 Å². The van der Waals surface area contributed by atoms with Crippen molar-refractivity contribution in [3.8, 4) is 0 Å². The summed E-state index contributed by atoms with van der Waals surface area (Å²) in [6.45, 7) is 4.02. The molecule has 0 saturated carbocycles. The maximum atomic E-state index is 12.4. The summed E-state index contributed by atoms with van der Waals surface area (Å²) in [5, 5.41) is 9.70. The van der Waals surface area contributed by atoms with Gasteiger partial charge in [0.2, 0.25) is 0 Å². The number of ether oxygens (including phenoxy) is 2. The molecule has 0 aliphatic rings. The molecule has 476 valence electrons. The van der Waals surface area contributed by atoms with Crippen molar-refractivity contribution in [2.45, 2.75) is 315 Å². The lowest BCUT2D eigenvalue weighted by Crippen LogP contribution is -2.28. The molecule has 0 bridgehead atoms. The number of esters is 2. The summed E-state index contributed by atoms with van der Waals surface area (Å²) >= 11 is 0. The maximum Gasteiger partial charge on any atom is 0.306 e. The minimum absolute atomic E-state index is 0.0760. The van der Waals surface area contributed by atoms with E-state index in [1.807, 2.05) is 0 Å². The molecule has 0 heterocycles. The fraction of sp³-hybridized carbons (Fsp3) is 0.646. The second-order valence-electron chi connectivity index (χ2n) is 22.9. The number of aliphatic hydroxyl groups excluding tert-OH is 1. The van der Waals surface area contributed by atoms with Gasteiger partial charge in [0.15, 0.2) is 6.10 Å². The van der Waals surface area contributed by atoms with Crippen molar-refractivity contribution in [1.82, 2.24) is 0 Å². The standard InChI is InChI=1S/C79H130O5/c1-3-5-7-9-11-13-15-17-19-21-23-25-27-29-31-33-35-36-37-38-39-40-41-42-44-46-48-50-52-54-56-58-60-62-64-66-68-70-72-74-79(82)84-77(75-80)76-83-78(81)73-71-69-67-65-63-61-59-57-55-53-51-49-47-45-43-34-32-30-28-26-24-22-20-18-16-14-12-10-8-6-4-2/h5,7,11,13,16-19,22-25,28-31,35-36,38-39,41-42,46,48,52,54,77,80H,3-4,6,8-10,12,14-15,20-21,26-27,32-34,37,40,43-45,47,49-51,53,55-76H2,1-2H3/b7-5-,13-11-,18-16-,19-17-,24-22-,25-23-,30-28-,31-29-,36-35-,39-38-,42-41-,48-46-,54-52-. The van der Waals surface area contributed by atoms with Gasteiger partial charge in [-0.15, -0.1) is 0 Å². The van der Waals surface area contributed by atoms with Crippen LogP contribution in [-0.4, -0.2) is 36.4 Å². The molecule has 0 aliphatic carbocycles. The lowest BCUT2D eigenvalue weighted by Gasteiger charge is -2.15. The Labute approximate surface area is 520 Å². The number of carbonyl (C=O) groups is 2. The SMILES string of the molecule is CC/C=C\C/C=C\C/C=C\C/C=C\C/C=C\C/C=C\C/C=C\C/C=C\C/C=C\C/C=C\CCCCCCCCCCC(=O)OC(CO)COC(=O)CCCCCCCCCCCCCCCCCC/C=C\C/C=C\C/C=C\CCCCCCC. The van der Waals surface area contributed by atoms with Crippen LogP contribution in [0.3, 0.4) is 0 Å². The van der Waals surface area contributed by atoms with Gasteiger partial charge in [-0.25, -0.2) is 0 Å². The Hall–Kier alpha value is -4.48. The van der Waals surface area contributed by atoms with E-state index in [9.17, 15) is 14.7 Å². The number of hydrogen-bond donors (Lipinski definition) is 1. The smallest absolute Gasteiger partial charge is 0.306 e. The van der Waals surface area contributed by atoms with Gasteiger partial charge in [0.1, 0.15) is 6.61 Å². The highest BCUT2D eigenvalue weighted by Crippen LogP contribution is 2.16. The van der Waals surface area contributed by atoms with Gasteiger partial charge in [-0.3, -0.25) is 9.59 Å². The number of rotatable bonds is 63. The second-order valence-corrected chi connectivity index (χ2v) is 22.9. The van der Waals surface area contributed by atoms with E-state index in [0.717, 1.165) is 122 Å². The van der Waals surface area contributed by atoms with Crippen LogP contribution in [0, 0.1) is 0 Å². The van der Waals surface area contributed by atoms with Crippen molar-refractivity contribution in [2.24, 2.45) is 0 Å². The molecule has 5 nitrogen and oxygen atoms in total. The highest BCUT2D eigenvalue weighted by molar-refractivity contribution is 5.70. The topological polar surface area (TPSA) is 72.8 Å². The largest absolute Gasteiger partial charge is 0.462 e. The zero-order chi connectivity index (χ0) is 60.5. The van der Waals surface area contributed by atoms with Crippen molar-refractivity contribution in [3.05, 3.63) is 158 Å². The first-order valence-corrected chi connectivity index (χ1v) is 35.0. The summed E-state index contributed by atoms with van der Waals surface area (Å²) in [5.41, 5.74) is 0. The van der Waals surface area contributed by atoms with E-state index in [-0.39, 0.29) is 25.2 Å². The van der Waals surface area contributed by atoms with Gasteiger partial charge in [0.25, 0.3) is 0 Å². The number of aliphatic hydroxyl groups is 1. The minimum Gasteiger partial charge on any atom is -0.462 e. The van der Waals surface area contributed by atoms with E-state index in [2.05, 4.69) is 172 Å². The van der Waals surface area contributed by atoms with Crippen molar-refractivity contribution >= 4 is 11.9 Å².